The molecule has 0 aliphatic rings. The van der Waals surface area contributed by atoms with Crippen molar-refractivity contribution in [1.82, 2.24) is 0 Å². The zero-order valence-corrected chi connectivity index (χ0v) is 15.1. The second-order valence-electron chi connectivity index (χ2n) is 5.77. The van der Waals surface area contributed by atoms with Crippen LogP contribution in [0.2, 0.25) is 5.02 Å². The molecule has 0 atom stereocenters. The highest BCUT2D eigenvalue weighted by molar-refractivity contribution is 6.30. The average Bonchev–Trinajstić information content (AvgIpc) is 2.65. The normalized spacial score (nSPS) is 10.4. The lowest BCUT2D eigenvalue weighted by atomic mass is 10.2. The number of halogens is 2. The number of hydrogen-bond acceptors (Lipinski definition) is 3. The highest BCUT2D eigenvalue weighted by Crippen LogP contribution is 2.29. The summed E-state index contributed by atoms with van der Waals surface area (Å²) in [6.45, 7) is 0.898. The highest BCUT2D eigenvalue weighted by atomic mass is 35.5. The summed E-state index contributed by atoms with van der Waals surface area (Å²) < 4.78 is 24.4. The van der Waals surface area contributed by atoms with Crippen molar-refractivity contribution in [2.24, 2.45) is 0 Å². The first-order valence-corrected chi connectivity index (χ1v) is 8.55. The summed E-state index contributed by atoms with van der Waals surface area (Å²) in [6, 6.07) is 19.6. The van der Waals surface area contributed by atoms with Crippen molar-refractivity contribution >= 4 is 17.3 Å². The molecule has 0 radical (unpaired) electrons. The Balaban J connectivity index is 1.65. The molecule has 0 heterocycles. The fourth-order valence-corrected chi connectivity index (χ4v) is 2.72. The number of benzene rings is 3. The molecule has 134 valence electrons. The average molecular weight is 372 g/mol. The van der Waals surface area contributed by atoms with Gasteiger partial charge in [-0.25, -0.2) is 4.39 Å². The van der Waals surface area contributed by atoms with Crippen LogP contribution in [0.15, 0.2) is 66.7 Å². The topological polar surface area (TPSA) is 30.5 Å². The van der Waals surface area contributed by atoms with Crippen molar-refractivity contribution in [2.45, 2.75) is 13.2 Å². The first-order chi connectivity index (χ1) is 12.6. The number of nitrogens with one attached hydrogen (secondary N) is 1. The van der Waals surface area contributed by atoms with Gasteiger partial charge in [-0.1, -0.05) is 35.9 Å². The molecule has 0 bridgehead atoms. The van der Waals surface area contributed by atoms with Gasteiger partial charge in [0, 0.05) is 17.3 Å². The zero-order valence-electron chi connectivity index (χ0n) is 14.3. The van der Waals surface area contributed by atoms with Gasteiger partial charge >= 0.3 is 0 Å². The molecule has 1 N–H and O–H groups in total. The molecule has 3 aromatic rings. The Hall–Kier alpha value is -2.72. The Morgan fingerprint density at radius 3 is 2.54 bits per heavy atom. The molecule has 5 heteroatoms. The summed E-state index contributed by atoms with van der Waals surface area (Å²) in [5, 5.41) is 4.00. The molecular weight excluding hydrogens is 353 g/mol. The van der Waals surface area contributed by atoms with Crippen LogP contribution in [-0.4, -0.2) is 7.11 Å². The molecule has 26 heavy (non-hydrogen) atoms. The lowest BCUT2D eigenvalue weighted by Gasteiger charge is -2.13. The van der Waals surface area contributed by atoms with Crippen LogP contribution in [0.1, 0.15) is 11.1 Å². The van der Waals surface area contributed by atoms with Gasteiger partial charge < -0.3 is 14.8 Å². The molecule has 0 saturated carbocycles. The van der Waals surface area contributed by atoms with E-state index in [-0.39, 0.29) is 12.4 Å². The third-order valence-corrected chi connectivity index (χ3v) is 4.07. The number of hydrogen-bond donors (Lipinski definition) is 1. The molecule has 3 aromatic carbocycles. The van der Waals surface area contributed by atoms with E-state index in [1.807, 2.05) is 48.5 Å². The largest absolute Gasteiger partial charge is 0.493 e. The predicted octanol–water partition coefficient (Wildman–Crippen LogP) is 5.68. The summed E-state index contributed by atoms with van der Waals surface area (Å²) in [6.07, 6.45) is 0. The maximum atomic E-state index is 13.2. The first kappa shape index (κ1) is 18.1. The Kier molecular flexibility index (Phi) is 5.97. The van der Waals surface area contributed by atoms with E-state index in [4.69, 9.17) is 21.1 Å². The van der Waals surface area contributed by atoms with Gasteiger partial charge in [0.05, 0.1) is 7.11 Å². The minimum atomic E-state index is -0.277. The summed E-state index contributed by atoms with van der Waals surface area (Å²) in [5.74, 6) is 0.968. The molecule has 0 fully saturated rings. The fourth-order valence-electron chi connectivity index (χ4n) is 2.53. The summed E-state index contributed by atoms with van der Waals surface area (Å²) in [7, 11) is 1.60. The minimum Gasteiger partial charge on any atom is -0.493 e. The van der Waals surface area contributed by atoms with Crippen molar-refractivity contribution in [3.05, 3.63) is 88.7 Å². The first-order valence-electron chi connectivity index (χ1n) is 8.17. The van der Waals surface area contributed by atoms with E-state index in [0.717, 1.165) is 16.8 Å². The fraction of sp³-hybridized carbons (Fsp3) is 0.143. The lowest BCUT2D eigenvalue weighted by molar-refractivity contribution is 0.284. The van der Waals surface area contributed by atoms with E-state index in [2.05, 4.69) is 5.32 Å². The van der Waals surface area contributed by atoms with Crippen LogP contribution in [0.3, 0.4) is 0 Å². The lowest BCUT2D eigenvalue weighted by Crippen LogP contribution is -2.02. The third kappa shape index (κ3) is 4.90. The smallest absolute Gasteiger partial charge is 0.161 e. The van der Waals surface area contributed by atoms with E-state index >= 15 is 0 Å². The number of rotatable bonds is 7. The van der Waals surface area contributed by atoms with Gasteiger partial charge in [-0.05, 0) is 53.6 Å². The molecule has 0 aliphatic heterocycles. The molecule has 0 unspecified atom stereocenters. The standard InChI is InChI=1S/C21H19ClFNO2/c1-25-21-11-15(13-24-19-7-3-5-17(22)12-19)8-9-20(21)26-14-16-4-2-6-18(23)10-16/h2-12,24H,13-14H2,1H3. The molecule has 0 spiro atoms. The van der Waals surface area contributed by atoms with Crippen LogP contribution in [0.25, 0.3) is 0 Å². The van der Waals surface area contributed by atoms with Crippen LogP contribution < -0.4 is 14.8 Å². The van der Waals surface area contributed by atoms with Gasteiger partial charge in [-0.15, -0.1) is 0 Å². The Morgan fingerprint density at radius 1 is 0.923 bits per heavy atom. The Bertz CT molecular complexity index is 885. The second kappa shape index (κ2) is 8.59. The minimum absolute atomic E-state index is 0.272. The van der Waals surface area contributed by atoms with Crippen LogP contribution in [-0.2, 0) is 13.2 Å². The molecule has 0 saturated heterocycles. The van der Waals surface area contributed by atoms with Gasteiger partial charge in [-0.2, -0.15) is 0 Å². The van der Waals surface area contributed by atoms with E-state index < -0.39 is 0 Å². The SMILES string of the molecule is COc1cc(CNc2cccc(Cl)c2)ccc1OCc1cccc(F)c1. The van der Waals surface area contributed by atoms with Crippen molar-refractivity contribution in [3.63, 3.8) is 0 Å². The van der Waals surface area contributed by atoms with E-state index in [9.17, 15) is 4.39 Å². The van der Waals surface area contributed by atoms with Crippen molar-refractivity contribution in [3.8, 4) is 11.5 Å². The van der Waals surface area contributed by atoms with Crippen LogP contribution in [0.4, 0.5) is 10.1 Å². The molecule has 3 rings (SSSR count). The predicted molar refractivity (Wildman–Crippen MR) is 103 cm³/mol. The van der Waals surface area contributed by atoms with Crippen LogP contribution in [0, 0.1) is 5.82 Å². The zero-order chi connectivity index (χ0) is 18.4. The van der Waals surface area contributed by atoms with Crippen LogP contribution in [0.5, 0.6) is 11.5 Å². The molecule has 3 nitrogen and oxygen atoms in total. The van der Waals surface area contributed by atoms with E-state index in [1.54, 1.807) is 13.2 Å². The quantitative estimate of drug-likeness (QED) is 0.579. The van der Waals surface area contributed by atoms with Gasteiger partial charge in [0.1, 0.15) is 12.4 Å². The molecule has 0 aromatic heterocycles. The van der Waals surface area contributed by atoms with Crippen molar-refractivity contribution in [1.29, 1.82) is 0 Å². The molecule has 0 amide bonds. The maximum Gasteiger partial charge on any atom is 0.161 e. The summed E-state index contributed by atoms with van der Waals surface area (Å²) >= 11 is 5.99. The maximum absolute atomic E-state index is 13.2. The van der Waals surface area contributed by atoms with Crippen molar-refractivity contribution in [2.75, 3.05) is 12.4 Å². The van der Waals surface area contributed by atoms with Gasteiger partial charge in [0.25, 0.3) is 0 Å². The summed E-state index contributed by atoms with van der Waals surface area (Å²) in [4.78, 5) is 0. The van der Waals surface area contributed by atoms with Crippen molar-refractivity contribution < 1.29 is 13.9 Å². The van der Waals surface area contributed by atoms with Gasteiger partial charge in [0.15, 0.2) is 11.5 Å². The molecule has 0 aliphatic carbocycles. The second-order valence-corrected chi connectivity index (χ2v) is 6.20. The monoisotopic (exact) mass is 371 g/mol. The summed E-state index contributed by atoms with van der Waals surface area (Å²) in [5.41, 5.74) is 2.75. The van der Waals surface area contributed by atoms with E-state index in [0.29, 0.717) is 23.1 Å². The third-order valence-electron chi connectivity index (χ3n) is 3.83. The van der Waals surface area contributed by atoms with Gasteiger partial charge in [0.2, 0.25) is 0 Å². The van der Waals surface area contributed by atoms with E-state index in [1.165, 1.54) is 12.1 Å². The Labute approximate surface area is 157 Å². The number of anilines is 1. The number of methoxy groups -OCH3 is 1. The molecular formula is C21H19ClFNO2. The van der Waals surface area contributed by atoms with Gasteiger partial charge in [-0.3, -0.25) is 0 Å². The Morgan fingerprint density at radius 2 is 1.77 bits per heavy atom. The highest BCUT2D eigenvalue weighted by Gasteiger charge is 2.07. The van der Waals surface area contributed by atoms with Crippen LogP contribution >= 0.6 is 11.6 Å². The number of ether oxygens (including phenoxy) is 2.